The van der Waals surface area contributed by atoms with Crippen molar-refractivity contribution in [1.82, 2.24) is 4.98 Å². The van der Waals surface area contributed by atoms with Crippen LogP contribution in [0.15, 0.2) is 42.5 Å². The molecule has 0 saturated heterocycles. The monoisotopic (exact) mass is 273 g/mol. The molecular formula is C14H15N3O3. The fourth-order valence-electron chi connectivity index (χ4n) is 1.50. The molecule has 0 saturated carbocycles. The molecule has 0 radical (unpaired) electrons. The summed E-state index contributed by atoms with van der Waals surface area (Å²) in [6.45, 7) is -0.0920. The van der Waals surface area contributed by atoms with E-state index < -0.39 is 0 Å². The summed E-state index contributed by atoms with van der Waals surface area (Å²) in [4.78, 5) is 15.3. The molecule has 1 heterocycles. The van der Waals surface area contributed by atoms with E-state index in [1.807, 2.05) is 0 Å². The average molecular weight is 273 g/mol. The van der Waals surface area contributed by atoms with Gasteiger partial charge >= 0.3 is 0 Å². The van der Waals surface area contributed by atoms with Crippen molar-refractivity contribution in [2.24, 2.45) is 5.73 Å². The number of hydrogen-bond acceptors (Lipinski definition) is 5. The van der Waals surface area contributed by atoms with Gasteiger partial charge in [0.2, 0.25) is 11.8 Å². The Morgan fingerprint density at radius 3 is 2.55 bits per heavy atom. The number of nitrogens with one attached hydrogen (secondary N) is 1. The van der Waals surface area contributed by atoms with Gasteiger partial charge in [-0.2, -0.15) is 4.98 Å². The number of nitrogens with zero attached hydrogens (tertiary/aromatic N) is 1. The van der Waals surface area contributed by atoms with Crippen molar-refractivity contribution in [3.63, 3.8) is 0 Å². The van der Waals surface area contributed by atoms with Crippen LogP contribution in [0.25, 0.3) is 0 Å². The Balaban J connectivity index is 2.08. The molecule has 2 aromatic rings. The first-order valence-electron chi connectivity index (χ1n) is 6.00. The number of pyridine rings is 1. The number of methoxy groups -OCH3 is 1. The SMILES string of the molecule is COc1ccc(Oc2cccc(NC(=O)CN)n2)cc1. The van der Waals surface area contributed by atoms with Gasteiger partial charge in [0.15, 0.2) is 0 Å². The van der Waals surface area contributed by atoms with Gasteiger partial charge in [-0.05, 0) is 30.3 Å². The number of anilines is 1. The predicted octanol–water partition coefficient (Wildman–Crippen LogP) is 1.78. The lowest BCUT2D eigenvalue weighted by Gasteiger charge is -2.07. The van der Waals surface area contributed by atoms with E-state index in [0.29, 0.717) is 17.4 Å². The molecule has 0 aliphatic carbocycles. The number of aromatic nitrogens is 1. The van der Waals surface area contributed by atoms with Gasteiger partial charge in [0, 0.05) is 6.07 Å². The van der Waals surface area contributed by atoms with Gasteiger partial charge in [-0.3, -0.25) is 4.79 Å². The summed E-state index contributed by atoms with van der Waals surface area (Å²) in [6, 6.07) is 12.2. The van der Waals surface area contributed by atoms with E-state index in [9.17, 15) is 4.79 Å². The highest BCUT2D eigenvalue weighted by atomic mass is 16.5. The second kappa shape index (κ2) is 6.53. The Hall–Kier alpha value is -2.60. The molecule has 104 valence electrons. The number of rotatable bonds is 5. The number of hydrogen-bond donors (Lipinski definition) is 2. The molecule has 0 unspecified atom stereocenters. The van der Waals surface area contributed by atoms with E-state index in [4.69, 9.17) is 15.2 Å². The van der Waals surface area contributed by atoms with Gasteiger partial charge in [0.25, 0.3) is 0 Å². The highest BCUT2D eigenvalue weighted by molar-refractivity contribution is 5.91. The summed E-state index contributed by atoms with van der Waals surface area (Å²) in [6.07, 6.45) is 0. The predicted molar refractivity (Wildman–Crippen MR) is 75.0 cm³/mol. The quantitative estimate of drug-likeness (QED) is 0.867. The molecule has 0 spiro atoms. The van der Waals surface area contributed by atoms with E-state index >= 15 is 0 Å². The van der Waals surface area contributed by atoms with Gasteiger partial charge in [0.1, 0.15) is 17.3 Å². The minimum absolute atomic E-state index is 0.0920. The van der Waals surface area contributed by atoms with Gasteiger partial charge < -0.3 is 20.5 Å². The number of nitrogens with two attached hydrogens (primary N) is 1. The van der Waals surface area contributed by atoms with Crippen LogP contribution in [-0.2, 0) is 4.79 Å². The molecule has 3 N–H and O–H groups in total. The van der Waals surface area contributed by atoms with Crippen molar-refractivity contribution in [3.05, 3.63) is 42.5 Å². The summed E-state index contributed by atoms with van der Waals surface area (Å²) < 4.78 is 10.6. The van der Waals surface area contributed by atoms with Crippen LogP contribution >= 0.6 is 0 Å². The zero-order valence-electron chi connectivity index (χ0n) is 11.0. The maximum Gasteiger partial charge on any atom is 0.239 e. The van der Waals surface area contributed by atoms with Crippen LogP contribution in [0.1, 0.15) is 0 Å². The number of carbonyl (C=O) groups is 1. The van der Waals surface area contributed by atoms with Gasteiger partial charge in [0.05, 0.1) is 13.7 Å². The Bertz CT molecular complexity index is 584. The van der Waals surface area contributed by atoms with Crippen molar-refractivity contribution in [2.75, 3.05) is 19.0 Å². The molecule has 6 nitrogen and oxygen atoms in total. The van der Waals surface area contributed by atoms with Gasteiger partial charge in [-0.1, -0.05) is 6.07 Å². The zero-order chi connectivity index (χ0) is 14.4. The lowest BCUT2D eigenvalue weighted by atomic mass is 10.3. The van der Waals surface area contributed by atoms with E-state index in [0.717, 1.165) is 5.75 Å². The molecule has 0 bridgehead atoms. The van der Waals surface area contributed by atoms with E-state index in [1.165, 1.54) is 0 Å². The number of carbonyl (C=O) groups excluding carboxylic acids is 1. The van der Waals surface area contributed by atoms with Crippen molar-refractivity contribution >= 4 is 11.7 Å². The number of amides is 1. The van der Waals surface area contributed by atoms with E-state index in [-0.39, 0.29) is 12.5 Å². The van der Waals surface area contributed by atoms with Crippen LogP contribution in [0.2, 0.25) is 0 Å². The zero-order valence-corrected chi connectivity index (χ0v) is 11.0. The average Bonchev–Trinajstić information content (AvgIpc) is 2.48. The molecule has 1 aromatic heterocycles. The summed E-state index contributed by atoms with van der Waals surface area (Å²) in [5.41, 5.74) is 5.23. The maximum absolute atomic E-state index is 11.2. The summed E-state index contributed by atoms with van der Waals surface area (Å²) >= 11 is 0. The first kappa shape index (κ1) is 13.8. The van der Waals surface area contributed by atoms with Crippen LogP contribution in [0.5, 0.6) is 17.4 Å². The second-order valence-corrected chi connectivity index (χ2v) is 3.89. The first-order chi connectivity index (χ1) is 9.71. The van der Waals surface area contributed by atoms with Crippen LogP contribution in [0.4, 0.5) is 5.82 Å². The lowest BCUT2D eigenvalue weighted by Crippen LogP contribution is -2.22. The Kier molecular flexibility index (Phi) is 4.52. The summed E-state index contributed by atoms with van der Waals surface area (Å²) in [5, 5.41) is 2.56. The topological polar surface area (TPSA) is 86.5 Å². The van der Waals surface area contributed by atoms with Crippen LogP contribution in [0, 0.1) is 0 Å². The Morgan fingerprint density at radius 1 is 1.20 bits per heavy atom. The normalized spacial score (nSPS) is 9.90. The third-order valence-electron chi connectivity index (χ3n) is 2.46. The van der Waals surface area contributed by atoms with Gasteiger partial charge in [-0.15, -0.1) is 0 Å². The smallest absolute Gasteiger partial charge is 0.239 e. The van der Waals surface area contributed by atoms with E-state index in [2.05, 4.69) is 10.3 Å². The minimum Gasteiger partial charge on any atom is -0.497 e. The Morgan fingerprint density at radius 2 is 1.90 bits per heavy atom. The third kappa shape index (κ3) is 3.69. The fourth-order valence-corrected chi connectivity index (χ4v) is 1.50. The molecule has 1 amide bonds. The molecule has 1 aromatic carbocycles. The third-order valence-corrected chi connectivity index (χ3v) is 2.46. The molecule has 0 atom stereocenters. The molecular weight excluding hydrogens is 258 g/mol. The van der Waals surface area contributed by atoms with Crippen LogP contribution in [0.3, 0.4) is 0 Å². The molecule has 6 heteroatoms. The van der Waals surface area contributed by atoms with Crippen LogP contribution < -0.4 is 20.5 Å². The highest BCUT2D eigenvalue weighted by Gasteiger charge is 2.03. The number of ether oxygens (including phenoxy) is 2. The molecule has 0 aliphatic rings. The van der Waals surface area contributed by atoms with Crippen molar-refractivity contribution in [2.45, 2.75) is 0 Å². The molecule has 20 heavy (non-hydrogen) atoms. The highest BCUT2D eigenvalue weighted by Crippen LogP contribution is 2.23. The second-order valence-electron chi connectivity index (χ2n) is 3.89. The minimum atomic E-state index is -0.306. The van der Waals surface area contributed by atoms with Crippen molar-refractivity contribution in [1.29, 1.82) is 0 Å². The molecule has 0 aliphatic heterocycles. The van der Waals surface area contributed by atoms with Crippen LogP contribution in [-0.4, -0.2) is 24.5 Å². The van der Waals surface area contributed by atoms with Gasteiger partial charge in [-0.25, -0.2) is 0 Å². The van der Waals surface area contributed by atoms with Crippen molar-refractivity contribution in [3.8, 4) is 17.4 Å². The van der Waals surface area contributed by atoms with E-state index in [1.54, 1.807) is 49.6 Å². The number of benzene rings is 1. The molecule has 0 fully saturated rings. The fraction of sp³-hybridized carbons (Fsp3) is 0.143. The Labute approximate surface area is 116 Å². The summed E-state index contributed by atoms with van der Waals surface area (Å²) in [5.74, 6) is 1.84. The molecule has 2 rings (SSSR count). The standard InChI is InChI=1S/C14H15N3O3/c1-19-10-5-7-11(8-6-10)20-14-4-2-3-12(17-14)16-13(18)9-15/h2-8H,9,15H2,1H3,(H,16,17,18). The largest absolute Gasteiger partial charge is 0.497 e. The summed E-state index contributed by atoms with van der Waals surface area (Å²) in [7, 11) is 1.60. The first-order valence-corrected chi connectivity index (χ1v) is 6.00. The lowest BCUT2D eigenvalue weighted by molar-refractivity contribution is -0.114. The van der Waals surface area contributed by atoms with Crippen molar-refractivity contribution < 1.29 is 14.3 Å². The maximum atomic E-state index is 11.2.